The molecule has 1 heterocycles. The van der Waals surface area contributed by atoms with E-state index in [2.05, 4.69) is 16.9 Å². The van der Waals surface area contributed by atoms with Crippen molar-refractivity contribution in [2.24, 2.45) is 5.73 Å². The lowest BCUT2D eigenvalue weighted by molar-refractivity contribution is 0.817. The highest BCUT2D eigenvalue weighted by atomic mass is 14.8. The number of nitrogens with zero attached hydrogens (tertiary/aromatic N) is 2. The van der Waals surface area contributed by atoms with Crippen LogP contribution in [0.3, 0.4) is 0 Å². The lowest BCUT2D eigenvalue weighted by atomic mass is 10.0. The lowest BCUT2D eigenvalue weighted by Crippen LogP contribution is -2.13. The Kier molecular flexibility index (Phi) is 2.74. The zero-order valence-electron chi connectivity index (χ0n) is 8.59. The molecule has 2 N–H and O–H groups in total. The van der Waals surface area contributed by atoms with E-state index in [0.717, 1.165) is 11.3 Å². The van der Waals surface area contributed by atoms with E-state index < -0.39 is 0 Å². The molecule has 0 aliphatic rings. The molecule has 0 bridgehead atoms. The van der Waals surface area contributed by atoms with Crippen LogP contribution >= 0.6 is 0 Å². The van der Waals surface area contributed by atoms with Crippen LogP contribution in [0.1, 0.15) is 22.9 Å². The Morgan fingerprint density at radius 2 is 1.87 bits per heavy atom. The number of aryl methyl sites for hydroxylation is 1. The fourth-order valence-electron chi connectivity index (χ4n) is 1.42. The zero-order chi connectivity index (χ0) is 10.7. The zero-order valence-corrected chi connectivity index (χ0v) is 8.59. The normalized spacial score (nSPS) is 12.4. The summed E-state index contributed by atoms with van der Waals surface area (Å²) in [6, 6.07) is 7.94. The topological polar surface area (TPSA) is 51.8 Å². The summed E-state index contributed by atoms with van der Waals surface area (Å²) in [4.78, 5) is 8.20. The second kappa shape index (κ2) is 4.19. The molecule has 0 aliphatic heterocycles. The van der Waals surface area contributed by atoms with Gasteiger partial charge in [-0.3, -0.25) is 9.97 Å². The lowest BCUT2D eigenvalue weighted by Gasteiger charge is -2.10. The van der Waals surface area contributed by atoms with Crippen molar-refractivity contribution in [3.8, 4) is 0 Å². The molecule has 3 heteroatoms. The van der Waals surface area contributed by atoms with Crippen molar-refractivity contribution in [2.75, 3.05) is 0 Å². The highest BCUT2D eigenvalue weighted by Crippen LogP contribution is 2.16. The maximum atomic E-state index is 6.06. The maximum Gasteiger partial charge on any atom is 0.0799 e. The Hall–Kier alpha value is -1.74. The SMILES string of the molecule is Cc1ccc(C(N)c2cnccn2)cc1. The van der Waals surface area contributed by atoms with Crippen LogP contribution in [0.5, 0.6) is 0 Å². The first-order valence-corrected chi connectivity index (χ1v) is 4.85. The third-order valence-corrected chi connectivity index (χ3v) is 2.34. The van der Waals surface area contributed by atoms with E-state index in [0.29, 0.717) is 0 Å². The Labute approximate surface area is 89.0 Å². The van der Waals surface area contributed by atoms with Gasteiger partial charge in [0.1, 0.15) is 0 Å². The summed E-state index contributed by atoms with van der Waals surface area (Å²) in [6.45, 7) is 2.05. The van der Waals surface area contributed by atoms with Gasteiger partial charge in [0, 0.05) is 12.4 Å². The molecule has 15 heavy (non-hydrogen) atoms. The van der Waals surface area contributed by atoms with Crippen LogP contribution in [0.15, 0.2) is 42.9 Å². The van der Waals surface area contributed by atoms with Gasteiger partial charge in [0.05, 0.1) is 17.9 Å². The predicted octanol–water partition coefficient (Wildman–Crippen LogP) is 1.83. The van der Waals surface area contributed by atoms with E-state index in [1.54, 1.807) is 18.6 Å². The fourth-order valence-corrected chi connectivity index (χ4v) is 1.42. The van der Waals surface area contributed by atoms with Gasteiger partial charge in [-0.15, -0.1) is 0 Å². The third kappa shape index (κ3) is 2.19. The smallest absolute Gasteiger partial charge is 0.0799 e. The van der Waals surface area contributed by atoms with Gasteiger partial charge in [0.15, 0.2) is 0 Å². The quantitative estimate of drug-likeness (QED) is 0.802. The van der Waals surface area contributed by atoms with Crippen LogP contribution in [0.2, 0.25) is 0 Å². The Balaban J connectivity index is 2.29. The molecule has 3 nitrogen and oxygen atoms in total. The van der Waals surface area contributed by atoms with Crippen LogP contribution in [-0.4, -0.2) is 9.97 Å². The molecule has 0 aliphatic carbocycles. The van der Waals surface area contributed by atoms with E-state index in [9.17, 15) is 0 Å². The second-order valence-corrected chi connectivity index (χ2v) is 3.52. The van der Waals surface area contributed by atoms with Gasteiger partial charge in [-0.2, -0.15) is 0 Å². The number of hydrogen-bond donors (Lipinski definition) is 1. The first-order valence-electron chi connectivity index (χ1n) is 4.85. The van der Waals surface area contributed by atoms with Crippen molar-refractivity contribution in [3.05, 3.63) is 59.7 Å². The Morgan fingerprint density at radius 1 is 1.13 bits per heavy atom. The summed E-state index contributed by atoms with van der Waals surface area (Å²) in [5.41, 5.74) is 9.14. The molecule has 0 amide bonds. The van der Waals surface area contributed by atoms with Gasteiger partial charge < -0.3 is 5.73 Å². The molecule has 0 saturated heterocycles. The Morgan fingerprint density at radius 3 is 2.47 bits per heavy atom. The number of benzene rings is 1. The van der Waals surface area contributed by atoms with Gasteiger partial charge in [-0.1, -0.05) is 29.8 Å². The molecule has 1 atom stereocenters. The molecular formula is C12H13N3. The van der Waals surface area contributed by atoms with Gasteiger partial charge in [-0.05, 0) is 12.5 Å². The van der Waals surface area contributed by atoms with Gasteiger partial charge in [0.2, 0.25) is 0 Å². The predicted molar refractivity (Wildman–Crippen MR) is 59.2 cm³/mol. The minimum Gasteiger partial charge on any atom is -0.319 e. The van der Waals surface area contributed by atoms with Crippen molar-refractivity contribution >= 4 is 0 Å². The van der Waals surface area contributed by atoms with Crippen molar-refractivity contribution in [1.29, 1.82) is 0 Å². The molecule has 1 unspecified atom stereocenters. The number of aromatic nitrogens is 2. The monoisotopic (exact) mass is 199 g/mol. The summed E-state index contributed by atoms with van der Waals surface area (Å²) >= 11 is 0. The molecular weight excluding hydrogens is 186 g/mol. The minimum atomic E-state index is -0.195. The number of nitrogens with two attached hydrogens (primary N) is 1. The first kappa shape index (κ1) is 9.80. The third-order valence-electron chi connectivity index (χ3n) is 2.34. The molecule has 0 spiro atoms. The fraction of sp³-hybridized carbons (Fsp3) is 0.167. The molecule has 2 rings (SSSR count). The molecule has 76 valence electrons. The van der Waals surface area contributed by atoms with Gasteiger partial charge in [-0.25, -0.2) is 0 Å². The average Bonchev–Trinajstić information content (AvgIpc) is 2.30. The second-order valence-electron chi connectivity index (χ2n) is 3.52. The Bertz CT molecular complexity index is 422. The summed E-state index contributed by atoms with van der Waals surface area (Å²) < 4.78 is 0. The van der Waals surface area contributed by atoms with Gasteiger partial charge >= 0.3 is 0 Å². The molecule has 1 aromatic heterocycles. The van der Waals surface area contributed by atoms with E-state index in [1.807, 2.05) is 24.3 Å². The first-order chi connectivity index (χ1) is 7.27. The molecule has 1 aromatic carbocycles. The highest BCUT2D eigenvalue weighted by molar-refractivity contribution is 5.28. The molecule has 0 fully saturated rings. The van der Waals surface area contributed by atoms with E-state index >= 15 is 0 Å². The minimum absolute atomic E-state index is 0.195. The maximum absolute atomic E-state index is 6.06. The summed E-state index contributed by atoms with van der Waals surface area (Å²) in [6.07, 6.45) is 5.00. The molecule has 0 saturated carbocycles. The van der Waals surface area contributed by atoms with Crippen LogP contribution < -0.4 is 5.73 Å². The average molecular weight is 199 g/mol. The van der Waals surface area contributed by atoms with Crippen molar-refractivity contribution in [3.63, 3.8) is 0 Å². The van der Waals surface area contributed by atoms with Crippen LogP contribution in [-0.2, 0) is 0 Å². The van der Waals surface area contributed by atoms with E-state index in [-0.39, 0.29) is 6.04 Å². The molecule has 0 radical (unpaired) electrons. The van der Waals surface area contributed by atoms with Gasteiger partial charge in [0.25, 0.3) is 0 Å². The van der Waals surface area contributed by atoms with Crippen LogP contribution in [0.25, 0.3) is 0 Å². The van der Waals surface area contributed by atoms with Crippen molar-refractivity contribution in [2.45, 2.75) is 13.0 Å². The summed E-state index contributed by atoms with van der Waals surface area (Å²) in [5, 5.41) is 0. The number of rotatable bonds is 2. The van der Waals surface area contributed by atoms with Crippen LogP contribution in [0, 0.1) is 6.92 Å². The van der Waals surface area contributed by atoms with E-state index in [4.69, 9.17) is 5.73 Å². The standard InChI is InChI=1S/C12H13N3/c1-9-2-4-10(5-3-9)12(13)11-8-14-6-7-15-11/h2-8,12H,13H2,1H3. The van der Waals surface area contributed by atoms with Crippen molar-refractivity contribution < 1.29 is 0 Å². The van der Waals surface area contributed by atoms with Crippen LogP contribution in [0.4, 0.5) is 0 Å². The summed E-state index contributed by atoms with van der Waals surface area (Å²) in [7, 11) is 0. The van der Waals surface area contributed by atoms with Crippen molar-refractivity contribution in [1.82, 2.24) is 9.97 Å². The number of hydrogen-bond acceptors (Lipinski definition) is 3. The molecule has 2 aromatic rings. The largest absolute Gasteiger partial charge is 0.319 e. The highest BCUT2D eigenvalue weighted by Gasteiger charge is 2.09. The van der Waals surface area contributed by atoms with E-state index in [1.165, 1.54) is 5.56 Å². The summed E-state index contributed by atoms with van der Waals surface area (Å²) in [5.74, 6) is 0.